The molecule has 1 amide bonds. The summed E-state index contributed by atoms with van der Waals surface area (Å²) in [5.41, 5.74) is 0.321. The van der Waals surface area contributed by atoms with Crippen molar-refractivity contribution in [2.45, 2.75) is 6.29 Å². The Balaban J connectivity index is 1.81. The van der Waals surface area contributed by atoms with Crippen molar-refractivity contribution in [3.63, 3.8) is 0 Å². The molecule has 2 aliphatic heterocycles. The number of carbonyl (C=O) groups is 1. The molecule has 0 atom stereocenters. The Morgan fingerprint density at radius 1 is 1.21 bits per heavy atom. The van der Waals surface area contributed by atoms with Gasteiger partial charge in [0.2, 0.25) is 0 Å². The van der Waals surface area contributed by atoms with E-state index in [0.29, 0.717) is 18.7 Å². The Labute approximate surface area is 108 Å². The molecule has 2 aliphatic rings. The fourth-order valence-electron chi connectivity index (χ4n) is 2.13. The molecule has 1 N–H and O–H groups in total. The summed E-state index contributed by atoms with van der Waals surface area (Å²) in [6, 6.07) is 4.08. The SMILES string of the molecule is O=C(c1ccc2c(c1)OC(F)(F)O2)N1CCNCC1. The molecule has 0 saturated carbocycles. The highest BCUT2D eigenvalue weighted by Gasteiger charge is 2.43. The normalized spacial score (nSPS) is 20.4. The van der Waals surface area contributed by atoms with Crippen molar-refractivity contribution in [2.75, 3.05) is 26.2 Å². The Morgan fingerprint density at radius 2 is 1.89 bits per heavy atom. The summed E-state index contributed by atoms with van der Waals surface area (Å²) in [7, 11) is 0. The Bertz CT molecular complexity index is 516. The molecule has 19 heavy (non-hydrogen) atoms. The topological polar surface area (TPSA) is 50.8 Å². The molecule has 0 spiro atoms. The lowest BCUT2D eigenvalue weighted by molar-refractivity contribution is -0.286. The van der Waals surface area contributed by atoms with Gasteiger partial charge in [-0.3, -0.25) is 4.79 Å². The van der Waals surface area contributed by atoms with E-state index in [1.165, 1.54) is 18.2 Å². The van der Waals surface area contributed by atoms with Crippen LogP contribution < -0.4 is 14.8 Å². The monoisotopic (exact) mass is 270 g/mol. The van der Waals surface area contributed by atoms with Crippen molar-refractivity contribution < 1.29 is 23.0 Å². The summed E-state index contributed by atoms with van der Waals surface area (Å²) in [6.07, 6.45) is -3.65. The third-order valence-electron chi connectivity index (χ3n) is 3.05. The minimum atomic E-state index is -3.65. The van der Waals surface area contributed by atoms with Crippen LogP contribution in [0.3, 0.4) is 0 Å². The lowest BCUT2D eigenvalue weighted by atomic mass is 10.1. The maximum atomic E-state index is 12.9. The minimum absolute atomic E-state index is 0.0538. The molecule has 0 aromatic heterocycles. The molecular weight excluding hydrogens is 258 g/mol. The Hall–Kier alpha value is -1.89. The van der Waals surface area contributed by atoms with Gasteiger partial charge in [0.15, 0.2) is 11.5 Å². The first-order chi connectivity index (χ1) is 9.05. The molecule has 1 aromatic carbocycles. The van der Waals surface area contributed by atoms with E-state index >= 15 is 0 Å². The molecule has 0 radical (unpaired) electrons. The van der Waals surface area contributed by atoms with Crippen LogP contribution in [0.15, 0.2) is 18.2 Å². The standard InChI is InChI=1S/C12H12F2N2O3/c13-12(14)18-9-2-1-8(7-10(9)19-12)11(17)16-5-3-15-4-6-16/h1-2,7,15H,3-6H2. The van der Waals surface area contributed by atoms with Gasteiger partial charge in [-0.1, -0.05) is 0 Å². The number of nitrogens with zero attached hydrogens (tertiary/aromatic N) is 1. The van der Waals surface area contributed by atoms with Gasteiger partial charge in [-0.15, -0.1) is 8.78 Å². The average molecular weight is 270 g/mol. The van der Waals surface area contributed by atoms with Gasteiger partial charge in [0, 0.05) is 31.7 Å². The predicted molar refractivity (Wildman–Crippen MR) is 61.4 cm³/mol. The Kier molecular flexibility index (Phi) is 2.78. The van der Waals surface area contributed by atoms with E-state index in [1.807, 2.05) is 0 Å². The second-order valence-electron chi connectivity index (χ2n) is 4.37. The Morgan fingerprint density at radius 3 is 2.63 bits per heavy atom. The van der Waals surface area contributed by atoms with Gasteiger partial charge < -0.3 is 19.7 Å². The molecule has 5 nitrogen and oxygen atoms in total. The second kappa shape index (κ2) is 4.34. The summed E-state index contributed by atoms with van der Waals surface area (Å²) in [4.78, 5) is 13.8. The van der Waals surface area contributed by atoms with Crippen molar-refractivity contribution in [3.05, 3.63) is 23.8 Å². The zero-order valence-corrected chi connectivity index (χ0v) is 9.99. The third-order valence-corrected chi connectivity index (χ3v) is 3.05. The first-order valence-electron chi connectivity index (χ1n) is 5.95. The summed E-state index contributed by atoms with van der Waals surface area (Å²) in [6.45, 7) is 2.66. The van der Waals surface area contributed by atoms with Crippen LogP contribution in [0.5, 0.6) is 11.5 Å². The van der Waals surface area contributed by atoms with E-state index in [4.69, 9.17) is 0 Å². The second-order valence-corrected chi connectivity index (χ2v) is 4.37. The number of rotatable bonds is 1. The first kappa shape index (κ1) is 12.2. The molecule has 1 aromatic rings. The number of benzene rings is 1. The van der Waals surface area contributed by atoms with Gasteiger partial charge in [0.05, 0.1) is 0 Å². The highest BCUT2D eigenvalue weighted by molar-refractivity contribution is 5.95. The van der Waals surface area contributed by atoms with E-state index in [0.717, 1.165) is 13.1 Å². The van der Waals surface area contributed by atoms with Crippen molar-refractivity contribution in [2.24, 2.45) is 0 Å². The lowest BCUT2D eigenvalue weighted by Crippen LogP contribution is -2.46. The minimum Gasteiger partial charge on any atom is -0.395 e. The molecule has 0 aliphatic carbocycles. The third kappa shape index (κ3) is 2.33. The van der Waals surface area contributed by atoms with Crippen LogP contribution >= 0.6 is 0 Å². The predicted octanol–water partition coefficient (Wildman–Crippen LogP) is 1.05. The molecule has 7 heteroatoms. The number of halogens is 2. The van der Waals surface area contributed by atoms with Crippen molar-refractivity contribution in [3.8, 4) is 11.5 Å². The average Bonchev–Trinajstić information content (AvgIpc) is 2.71. The highest BCUT2D eigenvalue weighted by atomic mass is 19.3. The largest absolute Gasteiger partial charge is 0.586 e. The number of piperazine rings is 1. The number of amides is 1. The van der Waals surface area contributed by atoms with E-state index in [1.54, 1.807) is 4.90 Å². The van der Waals surface area contributed by atoms with E-state index in [2.05, 4.69) is 14.8 Å². The number of hydrogen-bond acceptors (Lipinski definition) is 4. The van der Waals surface area contributed by atoms with Gasteiger partial charge in [-0.05, 0) is 18.2 Å². The van der Waals surface area contributed by atoms with Gasteiger partial charge in [0.1, 0.15) is 0 Å². The summed E-state index contributed by atoms with van der Waals surface area (Å²) in [5.74, 6) is -0.351. The van der Waals surface area contributed by atoms with Crippen molar-refractivity contribution in [1.29, 1.82) is 0 Å². The van der Waals surface area contributed by atoms with E-state index < -0.39 is 6.29 Å². The smallest absolute Gasteiger partial charge is 0.395 e. The van der Waals surface area contributed by atoms with Crippen LogP contribution in [0.4, 0.5) is 8.78 Å². The van der Waals surface area contributed by atoms with Crippen LogP contribution in [0.2, 0.25) is 0 Å². The quantitative estimate of drug-likeness (QED) is 0.829. The van der Waals surface area contributed by atoms with Gasteiger partial charge >= 0.3 is 6.29 Å². The summed E-state index contributed by atoms with van der Waals surface area (Å²) in [5, 5.41) is 3.14. The van der Waals surface area contributed by atoms with Crippen molar-refractivity contribution in [1.82, 2.24) is 10.2 Å². The molecular formula is C12H12F2N2O3. The lowest BCUT2D eigenvalue weighted by Gasteiger charge is -2.27. The van der Waals surface area contributed by atoms with E-state index in [-0.39, 0.29) is 17.4 Å². The maximum absolute atomic E-state index is 12.9. The molecule has 0 bridgehead atoms. The van der Waals surface area contributed by atoms with Crippen LogP contribution in [0.25, 0.3) is 0 Å². The molecule has 0 unspecified atom stereocenters. The van der Waals surface area contributed by atoms with Gasteiger partial charge in [-0.25, -0.2) is 0 Å². The van der Waals surface area contributed by atoms with E-state index in [9.17, 15) is 13.6 Å². The number of carbonyl (C=O) groups excluding carboxylic acids is 1. The maximum Gasteiger partial charge on any atom is 0.586 e. The summed E-state index contributed by atoms with van der Waals surface area (Å²) < 4.78 is 34.4. The van der Waals surface area contributed by atoms with Crippen LogP contribution in [-0.2, 0) is 0 Å². The van der Waals surface area contributed by atoms with Crippen LogP contribution in [-0.4, -0.2) is 43.3 Å². The molecule has 3 rings (SSSR count). The number of ether oxygens (including phenoxy) is 2. The number of hydrogen-bond donors (Lipinski definition) is 1. The van der Waals surface area contributed by atoms with Crippen LogP contribution in [0.1, 0.15) is 10.4 Å². The van der Waals surface area contributed by atoms with Crippen molar-refractivity contribution >= 4 is 5.91 Å². The molecule has 1 saturated heterocycles. The fourth-order valence-corrected chi connectivity index (χ4v) is 2.13. The summed E-state index contributed by atoms with van der Waals surface area (Å²) >= 11 is 0. The molecule has 1 fully saturated rings. The van der Waals surface area contributed by atoms with Crippen LogP contribution in [0, 0.1) is 0 Å². The number of nitrogens with one attached hydrogen (secondary N) is 1. The fraction of sp³-hybridized carbons (Fsp3) is 0.417. The molecule has 2 heterocycles. The van der Waals surface area contributed by atoms with Gasteiger partial charge in [0.25, 0.3) is 5.91 Å². The van der Waals surface area contributed by atoms with Gasteiger partial charge in [-0.2, -0.15) is 0 Å². The number of fused-ring (bicyclic) bond motifs is 1. The number of alkyl halides is 2. The molecule has 102 valence electrons. The highest BCUT2D eigenvalue weighted by Crippen LogP contribution is 2.41. The first-order valence-corrected chi connectivity index (χ1v) is 5.95. The zero-order chi connectivity index (χ0) is 13.5. The zero-order valence-electron chi connectivity index (χ0n) is 9.99.